The summed E-state index contributed by atoms with van der Waals surface area (Å²) in [5.41, 5.74) is 9.91. The molecular weight excluding hydrogens is 270 g/mol. The Hall–Kier alpha value is -1.62. The van der Waals surface area contributed by atoms with Gasteiger partial charge in [-0.1, -0.05) is 0 Å². The normalized spacial score (nSPS) is 18.0. The van der Waals surface area contributed by atoms with Crippen LogP contribution in [-0.2, 0) is 12.8 Å². The standard InChI is InChI=1S/C15H17N3OS/c16-15-17-12(8-20-15)11-7-9-3-1-2-4-13(9)18(14(11)19)10-5-6-10/h7-8,10H,1-6H2,(H2,16,17). The highest BCUT2D eigenvalue weighted by atomic mass is 32.1. The van der Waals surface area contributed by atoms with Crippen molar-refractivity contribution < 1.29 is 0 Å². The molecule has 2 aliphatic carbocycles. The van der Waals surface area contributed by atoms with Crippen LogP contribution < -0.4 is 11.3 Å². The number of hydrogen-bond acceptors (Lipinski definition) is 4. The van der Waals surface area contributed by atoms with Crippen molar-refractivity contribution in [2.24, 2.45) is 0 Å². The van der Waals surface area contributed by atoms with E-state index >= 15 is 0 Å². The number of nitrogens with two attached hydrogens (primary N) is 1. The van der Waals surface area contributed by atoms with E-state index in [1.165, 1.54) is 35.4 Å². The van der Waals surface area contributed by atoms with Gasteiger partial charge in [-0.3, -0.25) is 4.79 Å². The Morgan fingerprint density at radius 3 is 2.80 bits per heavy atom. The number of aromatic nitrogens is 2. The maximum absolute atomic E-state index is 12.8. The van der Waals surface area contributed by atoms with E-state index in [9.17, 15) is 4.79 Å². The summed E-state index contributed by atoms with van der Waals surface area (Å²) in [5.74, 6) is 0. The number of pyridine rings is 1. The minimum absolute atomic E-state index is 0.124. The zero-order chi connectivity index (χ0) is 13.7. The van der Waals surface area contributed by atoms with Crippen LogP contribution in [0.1, 0.15) is 43.0 Å². The average Bonchev–Trinajstić information content (AvgIpc) is 3.19. The largest absolute Gasteiger partial charge is 0.375 e. The Kier molecular flexibility index (Phi) is 2.70. The summed E-state index contributed by atoms with van der Waals surface area (Å²) in [4.78, 5) is 17.1. The second kappa shape index (κ2) is 4.45. The molecule has 1 saturated carbocycles. The second-order valence-electron chi connectivity index (χ2n) is 5.71. The van der Waals surface area contributed by atoms with Gasteiger partial charge in [0.2, 0.25) is 0 Å². The van der Waals surface area contributed by atoms with E-state index in [2.05, 4.69) is 15.6 Å². The molecule has 104 valence electrons. The van der Waals surface area contributed by atoms with Gasteiger partial charge < -0.3 is 10.3 Å². The number of rotatable bonds is 2. The molecule has 1 fully saturated rings. The van der Waals surface area contributed by atoms with Crippen LogP contribution in [0.3, 0.4) is 0 Å². The quantitative estimate of drug-likeness (QED) is 0.924. The van der Waals surface area contributed by atoms with Gasteiger partial charge in [-0.25, -0.2) is 4.98 Å². The van der Waals surface area contributed by atoms with Crippen molar-refractivity contribution in [3.8, 4) is 11.3 Å². The number of hydrogen-bond donors (Lipinski definition) is 1. The number of nitrogens with zero attached hydrogens (tertiary/aromatic N) is 2. The lowest BCUT2D eigenvalue weighted by Gasteiger charge is -2.22. The molecule has 2 aromatic rings. The van der Waals surface area contributed by atoms with Crippen LogP contribution in [0.4, 0.5) is 5.13 Å². The van der Waals surface area contributed by atoms with Gasteiger partial charge in [0, 0.05) is 17.1 Å². The van der Waals surface area contributed by atoms with E-state index in [4.69, 9.17) is 5.73 Å². The summed E-state index contributed by atoms with van der Waals surface area (Å²) in [7, 11) is 0. The average molecular weight is 287 g/mol. The van der Waals surface area contributed by atoms with E-state index in [-0.39, 0.29) is 5.56 Å². The third kappa shape index (κ3) is 1.88. The fraction of sp³-hybridized carbons (Fsp3) is 0.467. The molecule has 2 heterocycles. The first-order valence-electron chi connectivity index (χ1n) is 7.22. The van der Waals surface area contributed by atoms with Gasteiger partial charge in [-0.05, 0) is 50.2 Å². The first kappa shape index (κ1) is 12.1. The van der Waals surface area contributed by atoms with Crippen molar-refractivity contribution >= 4 is 16.5 Å². The molecular formula is C15H17N3OS. The molecule has 0 saturated heterocycles. The highest BCUT2D eigenvalue weighted by Gasteiger charge is 2.30. The van der Waals surface area contributed by atoms with E-state index in [0.717, 1.165) is 36.9 Å². The van der Waals surface area contributed by atoms with Gasteiger partial charge in [0.05, 0.1) is 11.3 Å². The molecule has 0 unspecified atom stereocenters. The number of fused-ring (bicyclic) bond motifs is 1. The van der Waals surface area contributed by atoms with Gasteiger partial charge in [0.1, 0.15) is 0 Å². The van der Waals surface area contributed by atoms with E-state index in [0.29, 0.717) is 11.2 Å². The molecule has 4 nitrogen and oxygen atoms in total. The summed E-state index contributed by atoms with van der Waals surface area (Å²) >= 11 is 1.39. The van der Waals surface area contributed by atoms with Crippen LogP contribution in [0.15, 0.2) is 16.2 Å². The summed E-state index contributed by atoms with van der Waals surface area (Å²) in [6.07, 6.45) is 6.80. The van der Waals surface area contributed by atoms with Crippen LogP contribution in [0.25, 0.3) is 11.3 Å². The minimum Gasteiger partial charge on any atom is -0.375 e. The van der Waals surface area contributed by atoms with E-state index in [1.54, 1.807) is 0 Å². The summed E-state index contributed by atoms with van der Waals surface area (Å²) in [6.45, 7) is 0. The van der Waals surface area contributed by atoms with Crippen molar-refractivity contribution in [2.45, 2.75) is 44.6 Å². The van der Waals surface area contributed by atoms with Crippen LogP contribution in [0.2, 0.25) is 0 Å². The zero-order valence-corrected chi connectivity index (χ0v) is 12.1. The second-order valence-corrected chi connectivity index (χ2v) is 6.60. The van der Waals surface area contributed by atoms with E-state index in [1.807, 2.05) is 5.38 Å². The Balaban J connectivity index is 1.95. The molecule has 2 N–H and O–H groups in total. The Labute approximate surface area is 121 Å². The molecule has 2 aromatic heterocycles. The molecule has 5 heteroatoms. The lowest BCUT2D eigenvalue weighted by Crippen LogP contribution is -2.27. The molecule has 2 aliphatic rings. The molecule has 20 heavy (non-hydrogen) atoms. The summed E-state index contributed by atoms with van der Waals surface area (Å²) in [5, 5.41) is 2.41. The summed E-state index contributed by atoms with van der Waals surface area (Å²) in [6, 6.07) is 2.48. The number of thiazole rings is 1. The molecule has 0 aliphatic heterocycles. The summed E-state index contributed by atoms with van der Waals surface area (Å²) < 4.78 is 2.05. The molecule has 0 radical (unpaired) electrons. The fourth-order valence-corrected chi connectivity index (χ4v) is 3.71. The highest BCUT2D eigenvalue weighted by Crippen LogP contribution is 2.37. The van der Waals surface area contributed by atoms with Crippen LogP contribution in [0.5, 0.6) is 0 Å². The smallest absolute Gasteiger partial charge is 0.260 e. The predicted octanol–water partition coefficient (Wildman–Crippen LogP) is 2.77. The molecule has 0 amide bonds. The van der Waals surface area contributed by atoms with Gasteiger partial charge in [0.25, 0.3) is 5.56 Å². The van der Waals surface area contributed by atoms with Crippen molar-refractivity contribution in [2.75, 3.05) is 5.73 Å². The predicted molar refractivity (Wildman–Crippen MR) is 81.1 cm³/mol. The van der Waals surface area contributed by atoms with Gasteiger partial charge in [-0.15, -0.1) is 11.3 Å². The number of nitrogen functional groups attached to an aromatic ring is 1. The molecule has 0 atom stereocenters. The molecule has 0 bridgehead atoms. The van der Waals surface area contributed by atoms with Gasteiger partial charge in [0.15, 0.2) is 5.13 Å². The Morgan fingerprint density at radius 1 is 1.30 bits per heavy atom. The van der Waals surface area contributed by atoms with Crippen molar-refractivity contribution in [1.82, 2.24) is 9.55 Å². The maximum Gasteiger partial charge on any atom is 0.260 e. The first-order chi connectivity index (χ1) is 9.74. The van der Waals surface area contributed by atoms with Crippen molar-refractivity contribution in [3.05, 3.63) is 33.1 Å². The maximum atomic E-state index is 12.8. The van der Waals surface area contributed by atoms with Crippen LogP contribution >= 0.6 is 11.3 Å². The van der Waals surface area contributed by atoms with Crippen LogP contribution in [0, 0.1) is 0 Å². The van der Waals surface area contributed by atoms with E-state index < -0.39 is 0 Å². The third-order valence-electron chi connectivity index (χ3n) is 4.25. The number of anilines is 1. The van der Waals surface area contributed by atoms with Gasteiger partial charge in [-0.2, -0.15) is 0 Å². The Bertz CT molecular complexity index is 727. The first-order valence-corrected chi connectivity index (χ1v) is 8.10. The topological polar surface area (TPSA) is 60.9 Å². The number of aryl methyl sites for hydroxylation is 1. The van der Waals surface area contributed by atoms with Crippen molar-refractivity contribution in [1.29, 1.82) is 0 Å². The zero-order valence-electron chi connectivity index (χ0n) is 11.3. The molecule has 0 aromatic carbocycles. The fourth-order valence-electron chi connectivity index (χ4n) is 3.15. The highest BCUT2D eigenvalue weighted by molar-refractivity contribution is 7.13. The molecule has 4 rings (SSSR count). The van der Waals surface area contributed by atoms with Crippen LogP contribution in [-0.4, -0.2) is 9.55 Å². The Morgan fingerprint density at radius 2 is 2.10 bits per heavy atom. The molecule has 0 spiro atoms. The monoisotopic (exact) mass is 287 g/mol. The third-order valence-corrected chi connectivity index (χ3v) is 4.92. The lowest BCUT2D eigenvalue weighted by atomic mass is 9.94. The minimum atomic E-state index is 0.124. The van der Waals surface area contributed by atoms with Gasteiger partial charge >= 0.3 is 0 Å². The SMILES string of the molecule is Nc1nc(-c2cc3c(n(C4CC4)c2=O)CCCC3)cs1. The van der Waals surface area contributed by atoms with Crippen molar-refractivity contribution in [3.63, 3.8) is 0 Å². The lowest BCUT2D eigenvalue weighted by molar-refractivity contribution is 0.584.